The fourth-order valence-electron chi connectivity index (χ4n) is 5.80. The first kappa shape index (κ1) is 29.1. The molecular formula is C35H33N3O5S. The number of allylic oxidation sites excluding steroid dienone is 1. The standard InChI is InChI=1S/C35H33N3O5S/c1-24-15-17-28(18-16-24)44(39,40)38(27-13-9-6-10-14-27)34-29-19-20-35(23-30(29)36-37-34,25-11-7-5-8-12-25)26-21-31(41-2)33(43-4)32(22-26)42-3/h5-22H,23H2,1-4H3,(H,36,37). The average molecular weight is 608 g/mol. The predicted molar refractivity (Wildman–Crippen MR) is 172 cm³/mol. The quantitative estimate of drug-likeness (QED) is 0.198. The first-order valence-electron chi connectivity index (χ1n) is 14.1. The minimum absolute atomic E-state index is 0.180. The smallest absolute Gasteiger partial charge is 0.269 e. The predicted octanol–water partition coefficient (Wildman–Crippen LogP) is 6.83. The van der Waals surface area contributed by atoms with Crippen LogP contribution in [0.15, 0.2) is 108 Å². The zero-order valence-corrected chi connectivity index (χ0v) is 25.8. The highest BCUT2D eigenvalue weighted by Crippen LogP contribution is 2.48. The van der Waals surface area contributed by atoms with Crippen molar-refractivity contribution in [3.05, 3.63) is 131 Å². The lowest BCUT2D eigenvalue weighted by molar-refractivity contribution is 0.323. The summed E-state index contributed by atoms with van der Waals surface area (Å²) in [5.74, 6) is 1.89. The number of hydrogen-bond acceptors (Lipinski definition) is 6. The number of aromatic amines is 1. The van der Waals surface area contributed by atoms with Gasteiger partial charge in [0.2, 0.25) is 5.75 Å². The lowest BCUT2D eigenvalue weighted by atomic mass is 9.68. The van der Waals surface area contributed by atoms with Gasteiger partial charge in [-0.2, -0.15) is 5.10 Å². The number of fused-ring (bicyclic) bond motifs is 1. The molecular weight excluding hydrogens is 574 g/mol. The molecule has 0 aliphatic heterocycles. The maximum Gasteiger partial charge on any atom is 0.269 e. The van der Waals surface area contributed by atoms with Crippen molar-refractivity contribution in [3.63, 3.8) is 0 Å². The van der Waals surface area contributed by atoms with Gasteiger partial charge in [0, 0.05) is 23.1 Å². The minimum atomic E-state index is -4.02. The number of aromatic nitrogens is 2. The molecule has 1 heterocycles. The maximum atomic E-state index is 14.2. The van der Waals surface area contributed by atoms with E-state index in [2.05, 4.69) is 28.4 Å². The van der Waals surface area contributed by atoms with Crippen molar-refractivity contribution >= 4 is 27.6 Å². The molecule has 224 valence electrons. The fourth-order valence-corrected chi connectivity index (χ4v) is 7.25. The van der Waals surface area contributed by atoms with Crippen LogP contribution >= 0.6 is 0 Å². The normalized spacial score (nSPS) is 15.8. The van der Waals surface area contributed by atoms with Crippen LogP contribution in [0.4, 0.5) is 11.5 Å². The Balaban J connectivity index is 1.53. The molecule has 0 spiro atoms. The molecule has 5 aromatic rings. The molecule has 1 unspecified atom stereocenters. The monoisotopic (exact) mass is 607 g/mol. The summed E-state index contributed by atoms with van der Waals surface area (Å²) in [6.45, 7) is 1.92. The summed E-state index contributed by atoms with van der Waals surface area (Å²) in [5.41, 5.74) is 4.25. The molecule has 0 saturated carbocycles. The van der Waals surface area contributed by atoms with Gasteiger partial charge in [0.05, 0.1) is 31.9 Å². The molecule has 0 radical (unpaired) electrons. The van der Waals surface area contributed by atoms with Crippen molar-refractivity contribution in [1.82, 2.24) is 10.2 Å². The molecule has 0 amide bonds. The molecule has 1 atom stereocenters. The van der Waals surface area contributed by atoms with Crippen LogP contribution in [-0.4, -0.2) is 39.9 Å². The van der Waals surface area contributed by atoms with Gasteiger partial charge in [0.15, 0.2) is 17.3 Å². The summed E-state index contributed by atoms with van der Waals surface area (Å²) in [4.78, 5) is 0.180. The van der Waals surface area contributed by atoms with Crippen molar-refractivity contribution in [2.45, 2.75) is 23.7 Å². The molecule has 44 heavy (non-hydrogen) atoms. The molecule has 0 saturated heterocycles. The summed E-state index contributed by atoms with van der Waals surface area (Å²) in [5, 5.41) is 7.82. The van der Waals surface area contributed by atoms with Gasteiger partial charge < -0.3 is 14.2 Å². The second kappa shape index (κ2) is 11.6. The fraction of sp³-hybridized carbons (Fsp3) is 0.171. The number of para-hydroxylation sites is 1. The summed E-state index contributed by atoms with van der Waals surface area (Å²) < 4.78 is 46.7. The van der Waals surface area contributed by atoms with Gasteiger partial charge in [-0.15, -0.1) is 0 Å². The number of benzene rings is 4. The number of H-pyrrole nitrogens is 1. The van der Waals surface area contributed by atoms with E-state index in [0.717, 1.165) is 22.4 Å². The number of nitrogens with one attached hydrogen (secondary N) is 1. The lowest BCUT2D eigenvalue weighted by Gasteiger charge is -2.35. The number of anilines is 2. The molecule has 4 aromatic carbocycles. The largest absolute Gasteiger partial charge is 0.493 e. The van der Waals surface area contributed by atoms with Gasteiger partial charge in [-0.25, -0.2) is 12.7 Å². The first-order chi connectivity index (χ1) is 21.3. The lowest BCUT2D eigenvalue weighted by Crippen LogP contribution is -2.31. The Kier molecular flexibility index (Phi) is 7.65. The number of ether oxygens (including phenoxy) is 3. The van der Waals surface area contributed by atoms with E-state index < -0.39 is 15.4 Å². The van der Waals surface area contributed by atoms with Gasteiger partial charge >= 0.3 is 0 Å². The molecule has 6 rings (SSSR count). The Morgan fingerprint density at radius 2 is 1.41 bits per heavy atom. The Morgan fingerprint density at radius 1 is 0.795 bits per heavy atom. The van der Waals surface area contributed by atoms with E-state index in [-0.39, 0.29) is 4.90 Å². The summed E-state index contributed by atoms with van der Waals surface area (Å²) in [6.07, 6.45) is 4.53. The number of methoxy groups -OCH3 is 3. The second-order valence-electron chi connectivity index (χ2n) is 10.6. The summed E-state index contributed by atoms with van der Waals surface area (Å²) in [7, 11) is 0.755. The third-order valence-electron chi connectivity index (χ3n) is 8.06. The topological polar surface area (TPSA) is 93.8 Å². The Hall–Kier alpha value is -5.02. The van der Waals surface area contributed by atoms with E-state index in [1.54, 1.807) is 57.7 Å². The van der Waals surface area contributed by atoms with Crippen LogP contribution in [0.1, 0.15) is 27.9 Å². The molecule has 0 fully saturated rings. The van der Waals surface area contributed by atoms with Crippen LogP contribution in [0.3, 0.4) is 0 Å². The van der Waals surface area contributed by atoms with E-state index in [4.69, 9.17) is 14.2 Å². The van der Waals surface area contributed by atoms with Crippen molar-refractivity contribution in [1.29, 1.82) is 0 Å². The van der Waals surface area contributed by atoms with Crippen molar-refractivity contribution in [2.24, 2.45) is 0 Å². The second-order valence-corrected chi connectivity index (χ2v) is 12.4. The van der Waals surface area contributed by atoms with Gasteiger partial charge in [0.1, 0.15) is 0 Å². The van der Waals surface area contributed by atoms with Crippen molar-refractivity contribution in [3.8, 4) is 17.2 Å². The Labute approximate surface area is 257 Å². The number of rotatable bonds is 9. The van der Waals surface area contributed by atoms with Crippen molar-refractivity contribution in [2.75, 3.05) is 25.6 Å². The molecule has 1 aromatic heterocycles. The number of sulfonamides is 1. The number of nitrogens with zero attached hydrogens (tertiary/aromatic N) is 2. The van der Waals surface area contributed by atoms with E-state index in [9.17, 15) is 8.42 Å². The average Bonchev–Trinajstić information content (AvgIpc) is 3.47. The Bertz CT molecular complexity index is 1900. The highest BCUT2D eigenvalue weighted by Gasteiger charge is 2.40. The number of aryl methyl sites for hydroxylation is 1. The highest BCUT2D eigenvalue weighted by molar-refractivity contribution is 7.93. The molecule has 1 aliphatic carbocycles. The van der Waals surface area contributed by atoms with Crippen LogP contribution in [0.25, 0.3) is 6.08 Å². The van der Waals surface area contributed by atoms with Crippen LogP contribution < -0.4 is 18.5 Å². The molecule has 8 nitrogen and oxygen atoms in total. The maximum absolute atomic E-state index is 14.2. The molecule has 9 heteroatoms. The van der Waals surface area contributed by atoms with Crippen LogP contribution in [0.5, 0.6) is 17.2 Å². The van der Waals surface area contributed by atoms with Gasteiger partial charge in [-0.05, 0) is 54.4 Å². The third kappa shape index (κ3) is 4.89. The zero-order chi connectivity index (χ0) is 30.9. The first-order valence-corrected chi connectivity index (χ1v) is 15.6. The van der Waals surface area contributed by atoms with Crippen molar-refractivity contribution < 1.29 is 22.6 Å². The Morgan fingerprint density at radius 3 is 2.00 bits per heavy atom. The van der Waals surface area contributed by atoms with Gasteiger partial charge in [0.25, 0.3) is 10.0 Å². The molecule has 0 bridgehead atoms. The van der Waals surface area contributed by atoms with E-state index in [0.29, 0.717) is 40.7 Å². The highest BCUT2D eigenvalue weighted by atomic mass is 32.2. The minimum Gasteiger partial charge on any atom is -0.493 e. The van der Waals surface area contributed by atoms with E-state index >= 15 is 0 Å². The summed E-state index contributed by atoms with van der Waals surface area (Å²) in [6, 6.07) is 29.9. The zero-order valence-electron chi connectivity index (χ0n) is 24.9. The molecule has 1 N–H and O–H groups in total. The van der Waals surface area contributed by atoms with E-state index in [1.165, 1.54) is 4.31 Å². The molecule has 1 aliphatic rings. The number of hydrogen-bond donors (Lipinski definition) is 1. The summed E-state index contributed by atoms with van der Waals surface area (Å²) >= 11 is 0. The van der Waals surface area contributed by atoms with Crippen LogP contribution in [0.2, 0.25) is 0 Å². The van der Waals surface area contributed by atoms with Crippen LogP contribution in [-0.2, 0) is 21.9 Å². The third-order valence-corrected chi connectivity index (χ3v) is 9.80. The van der Waals surface area contributed by atoms with Gasteiger partial charge in [-0.1, -0.05) is 78.4 Å². The van der Waals surface area contributed by atoms with Gasteiger partial charge in [-0.3, -0.25) is 5.10 Å². The van der Waals surface area contributed by atoms with Crippen LogP contribution in [0, 0.1) is 6.92 Å². The van der Waals surface area contributed by atoms with E-state index in [1.807, 2.05) is 61.5 Å². The SMILES string of the molecule is COc1cc(C2(c3ccccc3)C=Cc3c(N(c4ccccc4)S(=O)(=O)c4ccc(C)cc4)n[nH]c3C2)cc(OC)c1OC.